The maximum atomic E-state index is 10.7. The fourth-order valence-electron chi connectivity index (χ4n) is 1.87. The first-order valence-electron chi connectivity index (χ1n) is 6.21. The third kappa shape index (κ3) is 3.14. The average molecular weight is 292 g/mol. The molecule has 0 aliphatic heterocycles. The number of thioether (sulfide) groups is 1. The summed E-state index contributed by atoms with van der Waals surface area (Å²) in [6, 6.07) is 7.63. The Morgan fingerprint density at radius 1 is 1.50 bits per heavy atom. The van der Waals surface area contributed by atoms with Gasteiger partial charge in [0.1, 0.15) is 5.75 Å². The average Bonchev–Trinajstić information content (AvgIpc) is 2.88. The van der Waals surface area contributed by atoms with E-state index in [1.54, 1.807) is 13.3 Å². The number of imidazole rings is 1. The summed E-state index contributed by atoms with van der Waals surface area (Å²) < 4.78 is 7.20. The number of aromatic nitrogens is 2. The molecule has 2 rings (SSSR count). The SMILES string of the molecule is CCc1cnc(SCC(=O)O)n1-c1cccc(OC)c1. The molecule has 0 unspecified atom stereocenters. The maximum Gasteiger partial charge on any atom is 0.313 e. The molecule has 1 heterocycles. The molecule has 5 nitrogen and oxygen atoms in total. The number of methoxy groups -OCH3 is 1. The Hall–Kier alpha value is -1.95. The number of carboxylic acid groups (broad SMARTS) is 1. The van der Waals surface area contributed by atoms with Crippen LogP contribution in [0, 0.1) is 0 Å². The Bertz CT molecular complexity index is 610. The number of carbonyl (C=O) groups is 1. The fourth-order valence-corrected chi connectivity index (χ4v) is 2.60. The van der Waals surface area contributed by atoms with Crippen LogP contribution in [0.25, 0.3) is 5.69 Å². The Balaban J connectivity index is 2.41. The zero-order valence-electron chi connectivity index (χ0n) is 11.4. The quantitative estimate of drug-likeness (QED) is 0.829. The molecule has 20 heavy (non-hydrogen) atoms. The highest BCUT2D eigenvalue weighted by Gasteiger charge is 2.13. The van der Waals surface area contributed by atoms with Crippen molar-refractivity contribution in [1.82, 2.24) is 9.55 Å². The molecule has 2 aromatic rings. The Labute approximate surface area is 121 Å². The van der Waals surface area contributed by atoms with Gasteiger partial charge in [-0.3, -0.25) is 9.36 Å². The van der Waals surface area contributed by atoms with Gasteiger partial charge in [0.25, 0.3) is 0 Å². The number of aliphatic carboxylic acids is 1. The van der Waals surface area contributed by atoms with Crippen molar-refractivity contribution in [3.63, 3.8) is 0 Å². The molecular weight excluding hydrogens is 276 g/mol. The van der Waals surface area contributed by atoms with Gasteiger partial charge in [0.2, 0.25) is 0 Å². The van der Waals surface area contributed by atoms with Crippen molar-refractivity contribution in [2.75, 3.05) is 12.9 Å². The predicted molar refractivity (Wildman–Crippen MR) is 77.9 cm³/mol. The normalized spacial score (nSPS) is 10.5. The van der Waals surface area contributed by atoms with Crippen molar-refractivity contribution in [2.45, 2.75) is 18.5 Å². The first-order chi connectivity index (χ1) is 9.65. The first kappa shape index (κ1) is 14.5. The lowest BCUT2D eigenvalue weighted by atomic mass is 10.2. The second-order valence-electron chi connectivity index (χ2n) is 4.10. The van der Waals surface area contributed by atoms with E-state index in [0.29, 0.717) is 5.16 Å². The van der Waals surface area contributed by atoms with Crippen LogP contribution >= 0.6 is 11.8 Å². The molecule has 0 spiro atoms. The van der Waals surface area contributed by atoms with Crippen LogP contribution in [0.4, 0.5) is 0 Å². The van der Waals surface area contributed by atoms with Gasteiger partial charge in [-0.25, -0.2) is 4.98 Å². The van der Waals surface area contributed by atoms with E-state index in [1.807, 2.05) is 35.8 Å². The Kier molecular flexibility index (Phi) is 4.68. The van der Waals surface area contributed by atoms with E-state index in [-0.39, 0.29) is 5.75 Å². The molecule has 6 heteroatoms. The summed E-state index contributed by atoms with van der Waals surface area (Å²) in [5.41, 5.74) is 1.96. The monoisotopic (exact) mass is 292 g/mol. The summed E-state index contributed by atoms with van der Waals surface area (Å²) in [4.78, 5) is 15.0. The molecule has 0 bridgehead atoms. The largest absolute Gasteiger partial charge is 0.497 e. The number of ether oxygens (including phenoxy) is 1. The van der Waals surface area contributed by atoms with Gasteiger partial charge in [-0.15, -0.1) is 0 Å². The minimum Gasteiger partial charge on any atom is -0.497 e. The number of aryl methyl sites for hydroxylation is 1. The van der Waals surface area contributed by atoms with Gasteiger partial charge in [-0.05, 0) is 18.6 Å². The molecule has 0 saturated heterocycles. The van der Waals surface area contributed by atoms with E-state index >= 15 is 0 Å². The molecule has 1 N–H and O–H groups in total. The molecule has 0 atom stereocenters. The van der Waals surface area contributed by atoms with Crippen LogP contribution in [0.1, 0.15) is 12.6 Å². The number of nitrogens with zero attached hydrogens (tertiary/aromatic N) is 2. The van der Waals surface area contributed by atoms with Crippen molar-refractivity contribution in [3.05, 3.63) is 36.2 Å². The fraction of sp³-hybridized carbons (Fsp3) is 0.286. The number of carboxylic acids is 1. The van der Waals surface area contributed by atoms with E-state index in [2.05, 4.69) is 4.98 Å². The van der Waals surface area contributed by atoms with Crippen LogP contribution in [-0.4, -0.2) is 33.5 Å². The smallest absolute Gasteiger partial charge is 0.313 e. The summed E-state index contributed by atoms with van der Waals surface area (Å²) in [6.07, 6.45) is 2.60. The highest BCUT2D eigenvalue weighted by molar-refractivity contribution is 7.99. The second-order valence-corrected chi connectivity index (χ2v) is 5.05. The van der Waals surface area contributed by atoms with Gasteiger partial charge in [-0.1, -0.05) is 24.8 Å². The molecule has 1 aromatic carbocycles. The number of rotatable bonds is 6. The van der Waals surface area contributed by atoms with Gasteiger partial charge >= 0.3 is 5.97 Å². The second kappa shape index (κ2) is 6.47. The predicted octanol–water partition coefficient (Wildman–Crippen LogP) is 2.62. The zero-order valence-corrected chi connectivity index (χ0v) is 12.2. The molecule has 0 radical (unpaired) electrons. The van der Waals surface area contributed by atoms with E-state index in [1.165, 1.54) is 11.8 Å². The molecule has 0 amide bonds. The molecule has 0 aliphatic rings. The minimum atomic E-state index is -0.853. The molecule has 106 valence electrons. The van der Waals surface area contributed by atoms with Crippen molar-refractivity contribution in [3.8, 4) is 11.4 Å². The van der Waals surface area contributed by atoms with Crippen LogP contribution in [0.5, 0.6) is 5.75 Å². The lowest BCUT2D eigenvalue weighted by Gasteiger charge is -2.11. The summed E-state index contributed by atoms with van der Waals surface area (Å²) >= 11 is 1.21. The summed E-state index contributed by atoms with van der Waals surface area (Å²) in [7, 11) is 1.62. The van der Waals surface area contributed by atoms with Gasteiger partial charge in [0, 0.05) is 18.0 Å². The summed E-state index contributed by atoms with van der Waals surface area (Å²) in [5, 5.41) is 9.48. The third-order valence-electron chi connectivity index (χ3n) is 2.80. The Morgan fingerprint density at radius 3 is 2.95 bits per heavy atom. The van der Waals surface area contributed by atoms with Crippen molar-refractivity contribution < 1.29 is 14.6 Å². The van der Waals surface area contributed by atoms with E-state index < -0.39 is 5.97 Å². The van der Waals surface area contributed by atoms with E-state index in [4.69, 9.17) is 9.84 Å². The topological polar surface area (TPSA) is 64.3 Å². The molecule has 1 aromatic heterocycles. The van der Waals surface area contributed by atoms with Gasteiger partial charge < -0.3 is 9.84 Å². The van der Waals surface area contributed by atoms with Crippen molar-refractivity contribution in [1.29, 1.82) is 0 Å². The highest BCUT2D eigenvalue weighted by atomic mass is 32.2. The standard InChI is InChI=1S/C14H16N2O3S/c1-3-10-8-15-14(20-9-13(17)18)16(10)11-5-4-6-12(7-11)19-2/h4-8H,3,9H2,1-2H3,(H,17,18). The highest BCUT2D eigenvalue weighted by Crippen LogP contribution is 2.25. The van der Waals surface area contributed by atoms with Crippen LogP contribution in [-0.2, 0) is 11.2 Å². The summed E-state index contributed by atoms with van der Waals surface area (Å²) in [6.45, 7) is 2.04. The van der Waals surface area contributed by atoms with E-state index in [9.17, 15) is 4.79 Å². The molecule has 0 aliphatic carbocycles. The van der Waals surface area contributed by atoms with E-state index in [0.717, 1.165) is 23.6 Å². The third-order valence-corrected chi connectivity index (χ3v) is 3.74. The van der Waals surface area contributed by atoms with Crippen molar-refractivity contribution in [2.24, 2.45) is 0 Å². The lowest BCUT2D eigenvalue weighted by Crippen LogP contribution is -2.04. The van der Waals surface area contributed by atoms with Crippen molar-refractivity contribution >= 4 is 17.7 Å². The van der Waals surface area contributed by atoms with Crippen LogP contribution in [0.2, 0.25) is 0 Å². The minimum absolute atomic E-state index is 0.00979. The lowest BCUT2D eigenvalue weighted by molar-refractivity contribution is -0.133. The maximum absolute atomic E-state index is 10.7. The van der Waals surface area contributed by atoms with Crippen LogP contribution < -0.4 is 4.74 Å². The summed E-state index contributed by atoms with van der Waals surface area (Å²) in [5.74, 6) is -0.106. The number of hydrogen-bond acceptors (Lipinski definition) is 4. The van der Waals surface area contributed by atoms with Gasteiger partial charge in [0.15, 0.2) is 5.16 Å². The molecule has 0 fully saturated rings. The van der Waals surface area contributed by atoms with Crippen LogP contribution in [0.15, 0.2) is 35.6 Å². The van der Waals surface area contributed by atoms with Gasteiger partial charge in [-0.2, -0.15) is 0 Å². The Morgan fingerprint density at radius 2 is 2.30 bits per heavy atom. The number of hydrogen-bond donors (Lipinski definition) is 1. The molecule has 0 saturated carbocycles. The first-order valence-corrected chi connectivity index (χ1v) is 7.20. The molecular formula is C14H16N2O3S. The van der Waals surface area contributed by atoms with Gasteiger partial charge in [0.05, 0.1) is 18.6 Å². The number of benzene rings is 1. The van der Waals surface area contributed by atoms with Crippen LogP contribution in [0.3, 0.4) is 0 Å². The zero-order chi connectivity index (χ0) is 14.5.